The second-order valence-electron chi connectivity index (χ2n) is 6.47. The highest BCUT2D eigenvalue weighted by atomic mass is 16.5. The van der Waals surface area contributed by atoms with Crippen LogP contribution in [0, 0.1) is 13.8 Å². The minimum Gasteiger partial charge on any atom is -0.508 e. The van der Waals surface area contributed by atoms with Gasteiger partial charge in [-0.05, 0) is 38.1 Å². The normalized spacial score (nSPS) is 11.6. The zero-order valence-corrected chi connectivity index (χ0v) is 15.2. The molecule has 136 valence electrons. The van der Waals surface area contributed by atoms with Crippen molar-refractivity contribution in [2.45, 2.75) is 20.0 Å². The van der Waals surface area contributed by atoms with E-state index in [1.54, 1.807) is 24.3 Å². The molecule has 0 spiro atoms. The summed E-state index contributed by atoms with van der Waals surface area (Å²) >= 11 is 0. The molecule has 0 saturated carbocycles. The molecule has 0 aromatic heterocycles. The number of carbonyl (C=O) groups is 2. The van der Waals surface area contributed by atoms with Crippen LogP contribution in [0.5, 0.6) is 5.75 Å². The molecule has 0 radical (unpaired) electrons. The van der Waals surface area contributed by atoms with Crippen molar-refractivity contribution in [3.05, 3.63) is 101 Å². The predicted octanol–water partition coefficient (Wildman–Crippen LogP) is 4.79. The van der Waals surface area contributed by atoms with Gasteiger partial charge >= 0.3 is 5.97 Å². The molecular formula is C23H20O4. The lowest BCUT2D eigenvalue weighted by Crippen LogP contribution is -2.20. The minimum absolute atomic E-state index is 0.0531. The van der Waals surface area contributed by atoms with E-state index in [2.05, 4.69) is 0 Å². The summed E-state index contributed by atoms with van der Waals surface area (Å²) in [6.45, 7) is 3.89. The number of phenols is 1. The second-order valence-corrected chi connectivity index (χ2v) is 6.47. The molecule has 1 atom stereocenters. The maximum Gasteiger partial charge on any atom is 0.339 e. The summed E-state index contributed by atoms with van der Waals surface area (Å²) in [4.78, 5) is 25.6. The Morgan fingerprint density at radius 3 is 1.78 bits per heavy atom. The van der Waals surface area contributed by atoms with Crippen LogP contribution in [0.15, 0.2) is 72.8 Å². The molecule has 27 heavy (non-hydrogen) atoms. The van der Waals surface area contributed by atoms with Gasteiger partial charge in [0.25, 0.3) is 0 Å². The number of hydrogen-bond acceptors (Lipinski definition) is 4. The summed E-state index contributed by atoms with van der Waals surface area (Å²) in [6, 6.07) is 20.2. The van der Waals surface area contributed by atoms with Gasteiger partial charge in [0, 0.05) is 11.1 Å². The molecule has 0 aliphatic carbocycles. The first-order valence-corrected chi connectivity index (χ1v) is 8.61. The van der Waals surface area contributed by atoms with E-state index in [4.69, 9.17) is 4.74 Å². The zero-order chi connectivity index (χ0) is 19.4. The van der Waals surface area contributed by atoms with Gasteiger partial charge in [0.1, 0.15) is 5.75 Å². The van der Waals surface area contributed by atoms with E-state index in [1.807, 2.05) is 38.1 Å². The zero-order valence-electron chi connectivity index (χ0n) is 15.2. The topological polar surface area (TPSA) is 63.6 Å². The van der Waals surface area contributed by atoms with Crippen LogP contribution < -0.4 is 0 Å². The number of ether oxygens (including phenoxy) is 1. The lowest BCUT2D eigenvalue weighted by atomic mass is 9.98. The van der Waals surface area contributed by atoms with Gasteiger partial charge in [-0.15, -0.1) is 0 Å². The molecule has 0 saturated heterocycles. The van der Waals surface area contributed by atoms with Crippen LogP contribution in [0.25, 0.3) is 0 Å². The standard InChI is InChI=1S/C23H20O4/c1-15-3-7-17(8-4-15)21(25)22(18-9-5-16(2)6-10-18)27-23(26)19-11-13-20(24)14-12-19/h3-14,22,24H,1-2H3/t22-/m0/s1. The van der Waals surface area contributed by atoms with E-state index in [0.717, 1.165) is 11.1 Å². The summed E-state index contributed by atoms with van der Waals surface area (Å²) in [5.74, 6) is -0.857. The molecule has 0 aliphatic rings. The summed E-state index contributed by atoms with van der Waals surface area (Å²) in [6.07, 6.45) is -1.05. The molecule has 0 amide bonds. The number of rotatable bonds is 5. The number of carbonyl (C=O) groups excluding carboxylic acids is 2. The number of ketones is 1. The molecule has 0 unspecified atom stereocenters. The van der Waals surface area contributed by atoms with Gasteiger partial charge in [-0.1, -0.05) is 59.7 Å². The van der Waals surface area contributed by atoms with Crippen LogP contribution in [0.3, 0.4) is 0 Å². The van der Waals surface area contributed by atoms with E-state index in [1.165, 1.54) is 24.3 Å². The predicted molar refractivity (Wildman–Crippen MR) is 103 cm³/mol. The number of benzene rings is 3. The van der Waals surface area contributed by atoms with E-state index in [0.29, 0.717) is 11.1 Å². The molecule has 4 nitrogen and oxygen atoms in total. The van der Waals surface area contributed by atoms with Crippen LogP contribution in [0.2, 0.25) is 0 Å². The Labute approximate surface area is 158 Å². The van der Waals surface area contributed by atoms with Crippen molar-refractivity contribution in [1.29, 1.82) is 0 Å². The third kappa shape index (κ3) is 4.42. The maximum absolute atomic E-state index is 13.0. The smallest absolute Gasteiger partial charge is 0.339 e. The fourth-order valence-corrected chi connectivity index (χ4v) is 2.66. The number of phenolic OH excluding ortho intramolecular Hbond substituents is 1. The SMILES string of the molecule is Cc1ccc(C(=O)[C@@H](OC(=O)c2ccc(O)cc2)c2ccc(C)cc2)cc1. The van der Waals surface area contributed by atoms with E-state index >= 15 is 0 Å². The molecule has 1 N–H and O–H groups in total. The van der Waals surface area contributed by atoms with Gasteiger partial charge in [-0.3, -0.25) is 4.79 Å². The number of aromatic hydroxyl groups is 1. The van der Waals surface area contributed by atoms with Crippen molar-refractivity contribution >= 4 is 11.8 Å². The summed E-state index contributed by atoms with van der Waals surface area (Å²) in [5, 5.41) is 9.38. The molecule has 3 aromatic carbocycles. The fraction of sp³-hybridized carbons (Fsp3) is 0.130. The minimum atomic E-state index is -1.05. The van der Waals surface area contributed by atoms with Crippen molar-refractivity contribution < 1.29 is 19.4 Å². The number of hydrogen-bond donors (Lipinski definition) is 1. The number of Topliss-reactive ketones (excluding diaryl/α,β-unsaturated/α-hetero) is 1. The first kappa shape index (κ1) is 18.4. The van der Waals surface area contributed by atoms with Gasteiger partial charge in [0.2, 0.25) is 5.78 Å². The molecule has 0 aliphatic heterocycles. The van der Waals surface area contributed by atoms with Crippen molar-refractivity contribution in [1.82, 2.24) is 0 Å². The quantitative estimate of drug-likeness (QED) is 0.525. The van der Waals surface area contributed by atoms with E-state index < -0.39 is 12.1 Å². The van der Waals surface area contributed by atoms with Gasteiger partial charge in [0.05, 0.1) is 5.56 Å². The molecule has 3 aromatic rings. The molecule has 0 bridgehead atoms. The molecule has 0 heterocycles. The van der Waals surface area contributed by atoms with Gasteiger partial charge < -0.3 is 9.84 Å². The Morgan fingerprint density at radius 1 is 0.741 bits per heavy atom. The Balaban J connectivity index is 1.93. The molecule has 0 fully saturated rings. The average Bonchev–Trinajstić information content (AvgIpc) is 2.67. The lowest BCUT2D eigenvalue weighted by molar-refractivity contribution is 0.0280. The largest absolute Gasteiger partial charge is 0.508 e. The molecule has 3 rings (SSSR count). The number of esters is 1. The summed E-state index contributed by atoms with van der Waals surface area (Å²) in [7, 11) is 0. The van der Waals surface area contributed by atoms with Gasteiger partial charge in [-0.25, -0.2) is 4.79 Å². The van der Waals surface area contributed by atoms with Crippen molar-refractivity contribution in [3.63, 3.8) is 0 Å². The first-order valence-electron chi connectivity index (χ1n) is 8.61. The fourth-order valence-electron chi connectivity index (χ4n) is 2.66. The summed E-state index contributed by atoms with van der Waals surface area (Å²) < 4.78 is 5.58. The molecule has 4 heteroatoms. The van der Waals surface area contributed by atoms with Crippen LogP contribution in [-0.4, -0.2) is 16.9 Å². The third-order valence-corrected chi connectivity index (χ3v) is 4.28. The lowest BCUT2D eigenvalue weighted by Gasteiger charge is -2.18. The highest BCUT2D eigenvalue weighted by molar-refractivity contribution is 6.02. The Kier molecular flexibility index (Phi) is 5.36. The van der Waals surface area contributed by atoms with Crippen molar-refractivity contribution in [3.8, 4) is 5.75 Å². The highest BCUT2D eigenvalue weighted by Gasteiger charge is 2.26. The van der Waals surface area contributed by atoms with Crippen LogP contribution in [-0.2, 0) is 4.74 Å². The van der Waals surface area contributed by atoms with E-state index in [9.17, 15) is 14.7 Å². The van der Waals surface area contributed by atoms with Crippen LogP contribution >= 0.6 is 0 Å². The van der Waals surface area contributed by atoms with Gasteiger partial charge in [-0.2, -0.15) is 0 Å². The Bertz CT molecular complexity index is 939. The number of aryl methyl sites for hydroxylation is 2. The van der Waals surface area contributed by atoms with E-state index in [-0.39, 0.29) is 17.1 Å². The first-order chi connectivity index (χ1) is 12.9. The monoisotopic (exact) mass is 360 g/mol. The highest BCUT2D eigenvalue weighted by Crippen LogP contribution is 2.25. The Morgan fingerprint density at radius 2 is 1.22 bits per heavy atom. The molecular weight excluding hydrogens is 340 g/mol. The average molecular weight is 360 g/mol. The van der Waals surface area contributed by atoms with Gasteiger partial charge in [0.15, 0.2) is 6.10 Å². The third-order valence-electron chi connectivity index (χ3n) is 4.28. The van der Waals surface area contributed by atoms with Crippen LogP contribution in [0.1, 0.15) is 43.5 Å². The second kappa shape index (κ2) is 7.87. The summed E-state index contributed by atoms with van der Waals surface area (Å²) in [5.41, 5.74) is 3.44. The van der Waals surface area contributed by atoms with Crippen molar-refractivity contribution in [2.24, 2.45) is 0 Å². The van der Waals surface area contributed by atoms with Crippen LogP contribution in [0.4, 0.5) is 0 Å². The Hall–Kier alpha value is -3.40. The maximum atomic E-state index is 13.0. The van der Waals surface area contributed by atoms with Crippen molar-refractivity contribution in [2.75, 3.05) is 0 Å².